The molecule has 1 saturated heterocycles. The van der Waals surface area contributed by atoms with E-state index in [4.69, 9.17) is 4.74 Å². The van der Waals surface area contributed by atoms with Gasteiger partial charge in [-0.05, 0) is 19.4 Å². The van der Waals surface area contributed by atoms with Gasteiger partial charge in [-0.2, -0.15) is 36.4 Å². The Hall–Kier alpha value is -2.77. The van der Waals surface area contributed by atoms with Crippen molar-refractivity contribution in [1.82, 2.24) is 19.3 Å². The third kappa shape index (κ3) is 3.91. The zero-order valence-electron chi connectivity index (χ0n) is 16.9. The van der Waals surface area contributed by atoms with E-state index in [-0.39, 0.29) is 37.3 Å². The van der Waals surface area contributed by atoms with Crippen molar-refractivity contribution in [3.8, 4) is 0 Å². The molecule has 0 N–H and O–H groups in total. The number of alkyl halides is 5. The van der Waals surface area contributed by atoms with E-state index in [1.54, 1.807) is 6.92 Å². The maximum Gasteiger partial charge on any atom is 0.408 e. The standard InChI is InChI=1S/C18H20F6N6O2/c1-10-9-32-7-6-27(10)14-13(19)15(31)28-5-3-12(18(22,23)24)29(17(28)26-14)8-11-2-4-25-30(11)16(20)21/h2,4,10,12,16H,3,5-9H2,1H3/t10-,12+/m1/s1. The maximum atomic E-state index is 14.9. The van der Waals surface area contributed by atoms with Gasteiger partial charge >= 0.3 is 12.7 Å². The quantitative estimate of drug-likeness (QED) is 0.646. The van der Waals surface area contributed by atoms with Gasteiger partial charge in [-0.25, -0.2) is 4.68 Å². The summed E-state index contributed by atoms with van der Waals surface area (Å²) in [5.74, 6) is -1.99. The number of rotatable bonds is 4. The van der Waals surface area contributed by atoms with Crippen LogP contribution in [-0.2, 0) is 17.8 Å². The first-order valence-corrected chi connectivity index (χ1v) is 9.88. The van der Waals surface area contributed by atoms with Gasteiger partial charge in [0, 0.05) is 19.3 Å². The summed E-state index contributed by atoms with van der Waals surface area (Å²) in [6.45, 7) is -1.78. The Balaban J connectivity index is 1.84. The van der Waals surface area contributed by atoms with Crippen LogP contribution < -0.4 is 15.4 Å². The lowest BCUT2D eigenvalue weighted by Crippen LogP contribution is -2.53. The summed E-state index contributed by atoms with van der Waals surface area (Å²) in [5.41, 5.74) is -1.32. The van der Waals surface area contributed by atoms with Crippen molar-refractivity contribution in [2.45, 2.75) is 51.2 Å². The maximum absolute atomic E-state index is 14.9. The molecule has 2 aromatic rings. The Morgan fingerprint density at radius 3 is 2.69 bits per heavy atom. The summed E-state index contributed by atoms with van der Waals surface area (Å²) < 4.78 is 89.3. The van der Waals surface area contributed by atoms with Crippen LogP contribution in [0.4, 0.5) is 38.1 Å². The minimum Gasteiger partial charge on any atom is -0.377 e. The van der Waals surface area contributed by atoms with Crippen LogP contribution in [0.3, 0.4) is 0 Å². The van der Waals surface area contributed by atoms with Crippen molar-refractivity contribution >= 4 is 11.8 Å². The fraction of sp³-hybridized carbons (Fsp3) is 0.611. The van der Waals surface area contributed by atoms with E-state index in [2.05, 4.69) is 10.1 Å². The highest BCUT2D eigenvalue weighted by Crippen LogP contribution is 2.36. The number of ether oxygens (including phenoxy) is 1. The normalized spacial score (nSPS) is 21.9. The van der Waals surface area contributed by atoms with Crippen molar-refractivity contribution in [3.05, 3.63) is 34.1 Å². The molecule has 0 aliphatic carbocycles. The van der Waals surface area contributed by atoms with Gasteiger partial charge in [0.05, 0.1) is 31.5 Å². The first kappa shape index (κ1) is 22.4. The lowest BCUT2D eigenvalue weighted by atomic mass is 10.1. The van der Waals surface area contributed by atoms with E-state index < -0.39 is 55.6 Å². The minimum absolute atomic E-state index is 0.189. The molecule has 0 unspecified atom stereocenters. The number of morpholine rings is 1. The molecule has 4 rings (SSSR count). The summed E-state index contributed by atoms with van der Waals surface area (Å²) in [4.78, 5) is 19.0. The van der Waals surface area contributed by atoms with Gasteiger partial charge < -0.3 is 14.5 Å². The van der Waals surface area contributed by atoms with Crippen LogP contribution in [-0.4, -0.2) is 57.4 Å². The van der Waals surface area contributed by atoms with Gasteiger partial charge in [-0.15, -0.1) is 0 Å². The highest BCUT2D eigenvalue weighted by molar-refractivity contribution is 5.49. The van der Waals surface area contributed by atoms with E-state index in [1.165, 1.54) is 4.90 Å². The second-order valence-corrected chi connectivity index (χ2v) is 7.64. The third-order valence-corrected chi connectivity index (χ3v) is 5.62. The highest BCUT2D eigenvalue weighted by Gasteiger charge is 2.47. The zero-order chi connectivity index (χ0) is 23.2. The van der Waals surface area contributed by atoms with E-state index in [0.29, 0.717) is 4.68 Å². The number of hydrogen-bond donors (Lipinski definition) is 0. The number of aromatic nitrogens is 4. The SMILES string of the molecule is C[C@@H]1COCCN1c1nc2n(c(=O)c1F)CC[C@@H](C(F)(F)F)N2Cc1ccnn1C(F)F. The molecule has 0 saturated carbocycles. The second-order valence-electron chi connectivity index (χ2n) is 7.64. The molecule has 0 bridgehead atoms. The largest absolute Gasteiger partial charge is 0.408 e. The summed E-state index contributed by atoms with van der Waals surface area (Å²) in [6.07, 6.45) is -4.26. The molecule has 14 heteroatoms. The Morgan fingerprint density at radius 1 is 1.28 bits per heavy atom. The summed E-state index contributed by atoms with van der Waals surface area (Å²) in [7, 11) is 0. The topological polar surface area (TPSA) is 68.4 Å². The smallest absolute Gasteiger partial charge is 0.377 e. The molecule has 32 heavy (non-hydrogen) atoms. The average molecular weight is 466 g/mol. The Bertz CT molecular complexity index is 1040. The van der Waals surface area contributed by atoms with E-state index in [1.807, 2.05) is 0 Å². The number of anilines is 2. The van der Waals surface area contributed by atoms with Gasteiger partial charge in [0.15, 0.2) is 5.82 Å². The van der Waals surface area contributed by atoms with Crippen LogP contribution in [0.15, 0.2) is 17.1 Å². The van der Waals surface area contributed by atoms with Crippen molar-refractivity contribution in [1.29, 1.82) is 0 Å². The van der Waals surface area contributed by atoms with Gasteiger partial charge in [-0.3, -0.25) is 9.36 Å². The number of halogens is 6. The first-order valence-electron chi connectivity index (χ1n) is 9.88. The fourth-order valence-corrected chi connectivity index (χ4v) is 4.05. The molecule has 0 aromatic carbocycles. The molecule has 4 heterocycles. The van der Waals surface area contributed by atoms with Gasteiger partial charge in [-0.1, -0.05) is 0 Å². The summed E-state index contributed by atoms with van der Waals surface area (Å²) in [5, 5.41) is 3.44. The minimum atomic E-state index is -4.74. The van der Waals surface area contributed by atoms with Gasteiger partial charge in [0.1, 0.15) is 6.04 Å². The van der Waals surface area contributed by atoms with E-state index in [9.17, 15) is 31.1 Å². The van der Waals surface area contributed by atoms with Crippen molar-refractivity contribution < 1.29 is 31.1 Å². The van der Waals surface area contributed by atoms with Crippen molar-refractivity contribution in [2.75, 3.05) is 29.6 Å². The van der Waals surface area contributed by atoms with Crippen molar-refractivity contribution in [3.63, 3.8) is 0 Å². The molecule has 2 atom stereocenters. The van der Waals surface area contributed by atoms with Crippen LogP contribution >= 0.6 is 0 Å². The molecule has 0 spiro atoms. The average Bonchev–Trinajstić information content (AvgIpc) is 3.19. The Labute approximate surface area is 178 Å². The number of hydrogen-bond acceptors (Lipinski definition) is 6. The first-order chi connectivity index (χ1) is 15.1. The van der Waals surface area contributed by atoms with E-state index in [0.717, 1.165) is 21.7 Å². The van der Waals surface area contributed by atoms with Crippen LogP contribution in [0.1, 0.15) is 25.6 Å². The number of fused-ring (bicyclic) bond motifs is 1. The molecular weight excluding hydrogens is 446 g/mol. The van der Waals surface area contributed by atoms with Crippen LogP contribution in [0.25, 0.3) is 0 Å². The third-order valence-electron chi connectivity index (χ3n) is 5.62. The highest BCUT2D eigenvalue weighted by atomic mass is 19.4. The molecular formula is C18H20F6N6O2. The Morgan fingerprint density at radius 2 is 2.03 bits per heavy atom. The molecule has 0 radical (unpaired) electrons. The van der Waals surface area contributed by atoms with Gasteiger partial charge in [0.25, 0.3) is 5.56 Å². The second kappa shape index (κ2) is 8.30. The summed E-state index contributed by atoms with van der Waals surface area (Å²) in [6, 6.07) is -1.31. The predicted octanol–water partition coefficient (Wildman–Crippen LogP) is 2.54. The van der Waals surface area contributed by atoms with Crippen LogP contribution in [0.2, 0.25) is 0 Å². The molecule has 1 fully saturated rings. The summed E-state index contributed by atoms with van der Waals surface area (Å²) >= 11 is 0. The molecule has 0 amide bonds. The molecule has 8 nitrogen and oxygen atoms in total. The number of nitrogens with zero attached hydrogens (tertiary/aromatic N) is 6. The lowest BCUT2D eigenvalue weighted by Gasteiger charge is -2.40. The zero-order valence-corrected chi connectivity index (χ0v) is 16.9. The van der Waals surface area contributed by atoms with Crippen molar-refractivity contribution in [2.24, 2.45) is 0 Å². The van der Waals surface area contributed by atoms with Crippen LogP contribution in [0, 0.1) is 5.82 Å². The monoisotopic (exact) mass is 466 g/mol. The molecule has 2 aromatic heterocycles. The molecule has 176 valence electrons. The lowest BCUT2D eigenvalue weighted by molar-refractivity contribution is -0.153. The van der Waals surface area contributed by atoms with Crippen LogP contribution in [0.5, 0.6) is 0 Å². The molecule has 2 aliphatic heterocycles. The Kier molecular flexibility index (Phi) is 5.81. The molecule has 2 aliphatic rings. The van der Waals surface area contributed by atoms with E-state index >= 15 is 0 Å². The predicted molar refractivity (Wildman–Crippen MR) is 100 cm³/mol. The fourth-order valence-electron chi connectivity index (χ4n) is 4.05. The van der Waals surface area contributed by atoms with Gasteiger partial charge in [0.2, 0.25) is 11.8 Å².